The van der Waals surface area contributed by atoms with E-state index in [1.165, 1.54) is 0 Å². The largest absolute Gasteiger partial charge is 0.378 e. The molecule has 0 bridgehead atoms. The van der Waals surface area contributed by atoms with Gasteiger partial charge in [-0.05, 0) is 34.4 Å². The Balaban J connectivity index is 2.19. The molecule has 1 unspecified atom stereocenters. The fraction of sp³-hybridized carbons (Fsp3) is 0.263. The molecule has 0 fully saturated rings. The van der Waals surface area contributed by atoms with Gasteiger partial charge in [0.1, 0.15) is 5.60 Å². The maximum Gasteiger partial charge on any atom is 0.251 e. The van der Waals surface area contributed by atoms with Crippen LogP contribution in [0.2, 0.25) is 0 Å². The lowest BCUT2D eigenvalue weighted by Gasteiger charge is -2.31. The van der Waals surface area contributed by atoms with Gasteiger partial charge < -0.3 is 15.4 Å². The van der Waals surface area contributed by atoms with Crippen LogP contribution in [-0.4, -0.2) is 28.0 Å². The third-order valence-corrected chi connectivity index (χ3v) is 4.52. The van der Waals surface area contributed by atoms with Crippen LogP contribution in [0.25, 0.3) is 10.8 Å². The van der Waals surface area contributed by atoms with Crippen LogP contribution in [0.3, 0.4) is 0 Å². The number of carbonyl (C=O) groups excluding carboxylic acids is 1. The van der Waals surface area contributed by atoms with Crippen LogP contribution in [0.4, 0.5) is 0 Å². The highest BCUT2D eigenvalue weighted by molar-refractivity contribution is 6.07. The fourth-order valence-corrected chi connectivity index (χ4v) is 3.10. The Morgan fingerprint density at radius 1 is 1.29 bits per heavy atom. The van der Waals surface area contributed by atoms with Crippen molar-refractivity contribution >= 4 is 16.7 Å². The van der Waals surface area contributed by atoms with Crippen molar-refractivity contribution in [3.05, 3.63) is 65.7 Å². The lowest BCUT2D eigenvalue weighted by Crippen LogP contribution is -2.33. The van der Waals surface area contributed by atoms with E-state index < -0.39 is 5.60 Å². The highest BCUT2D eigenvalue weighted by atomic mass is 16.3. The number of aromatic amines is 1. The number of H-pyrrole nitrogens is 1. The molecule has 2 aromatic carbocycles. The first-order valence-electron chi connectivity index (χ1n) is 7.95. The number of aromatic nitrogens is 2. The molecule has 124 valence electrons. The van der Waals surface area contributed by atoms with E-state index in [4.69, 9.17) is 0 Å². The van der Waals surface area contributed by atoms with Crippen LogP contribution in [-0.2, 0) is 5.60 Å². The third-order valence-electron chi connectivity index (χ3n) is 4.52. The van der Waals surface area contributed by atoms with E-state index in [9.17, 15) is 9.90 Å². The molecule has 1 heterocycles. The van der Waals surface area contributed by atoms with Crippen molar-refractivity contribution < 1.29 is 9.90 Å². The Hall–Kier alpha value is -2.66. The molecule has 1 amide bonds. The molecule has 0 aliphatic rings. The third kappa shape index (κ3) is 2.47. The van der Waals surface area contributed by atoms with Gasteiger partial charge in [0.05, 0.1) is 12.0 Å². The van der Waals surface area contributed by atoms with E-state index in [2.05, 4.69) is 15.3 Å². The number of fused-ring (bicyclic) bond motifs is 1. The van der Waals surface area contributed by atoms with Crippen molar-refractivity contribution in [2.45, 2.75) is 19.4 Å². The van der Waals surface area contributed by atoms with Gasteiger partial charge >= 0.3 is 0 Å². The number of hydrogen-bond donors (Lipinski definition) is 3. The quantitative estimate of drug-likeness (QED) is 0.691. The maximum atomic E-state index is 12.0. The highest BCUT2D eigenvalue weighted by Crippen LogP contribution is 2.37. The number of nitrogens with zero attached hydrogens (tertiary/aromatic N) is 1. The van der Waals surface area contributed by atoms with Crippen LogP contribution in [0.1, 0.15) is 35.5 Å². The van der Waals surface area contributed by atoms with E-state index in [1.54, 1.807) is 25.6 Å². The van der Waals surface area contributed by atoms with Gasteiger partial charge in [0, 0.05) is 18.8 Å². The van der Waals surface area contributed by atoms with E-state index >= 15 is 0 Å². The van der Waals surface area contributed by atoms with Crippen LogP contribution < -0.4 is 5.32 Å². The molecule has 3 N–H and O–H groups in total. The van der Waals surface area contributed by atoms with Gasteiger partial charge in [0.2, 0.25) is 0 Å². The van der Waals surface area contributed by atoms with Gasteiger partial charge in [-0.15, -0.1) is 0 Å². The van der Waals surface area contributed by atoms with Gasteiger partial charge in [-0.1, -0.05) is 38.1 Å². The normalized spacial score (nSPS) is 13.9. The minimum absolute atomic E-state index is 0.0691. The molecule has 5 nitrogen and oxygen atoms in total. The van der Waals surface area contributed by atoms with Crippen molar-refractivity contribution in [1.82, 2.24) is 15.3 Å². The minimum Gasteiger partial charge on any atom is -0.378 e. The molecule has 0 saturated heterocycles. The van der Waals surface area contributed by atoms with Crippen LogP contribution in [0, 0.1) is 5.92 Å². The molecule has 3 rings (SSSR count). The van der Waals surface area contributed by atoms with Crippen LogP contribution in [0.15, 0.2) is 48.9 Å². The molecule has 1 aromatic heterocycles. The summed E-state index contributed by atoms with van der Waals surface area (Å²) >= 11 is 0. The standard InChI is InChI=1S/C19H21N3O2/c1-12(2)19(24,17-10-21-11-22-17)14-7-8-15-13(9-14)5-4-6-16(15)18(23)20-3/h4-12,24H,1-3H3,(H,20,23)(H,21,22). The molecule has 0 spiro atoms. The number of hydrogen-bond acceptors (Lipinski definition) is 3. The lowest BCUT2D eigenvalue weighted by molar-refractivity contribution is 0.0281. The summed E-state index contributed by atoms with van der Waals surface area (Å²) in [6, 6.07) is 11.3. The summed E-state index contributed by atoms with van der Waals surface area (Å²) in [6.07, 6.45) is 3.28. The first kappa shape index (κ1) is 16.2. The van der Waals surface area contributed by atoms with Gasteiger partial charge in [-0.2, -0.15) is 0 Å². The smallest absolute Gasteiger partial charge is 0.251 e. The first-order chi connectivity index (χ1) is 11.5. The van der Waals surface area contributed by atoms with Gasteiger partial charge in [-0.3, -0.25) is 4.79 Å². The average Bonchev–Trinajstić information content (AvgIpc) is 3.14. The molecule has 5 heteroatoms. The summed E-state index contributed by atoms with van der Waals surface area (Å²) in [6.45, 7) is 3.92. The molecule has 1 atom stereocenters. The number of carbonyl (C=O) groups is 1. The summed E-state index contributed by atoms with van der Waals surface area (Å²) < 4.78 is 0. The van der Waals surface area contributed by atoms with Crippen LogP contribution in [0.5, 0.6) is 0 Å². The van der Waals surface area contributed by atoms with Crippen molar-refractivity contribution in [3.8, 4) is 0 Å². The maximum absolute atomic E-state index is 12.0. The molecule has 0 aliphatic carbocycles. The molecule has 0 aliphatic heterocycles. The predicted octanol–water partition coefficient (Wildman–Crippen LogP) is 2.81. The number of rotatable bonds is 4. The number of amides is 1. The molecular formula is C19H21N3O2. The number of benzene rings is 2. The monoisotopic (exact) mass is 323 g/mol. The Labute approximate surface area is 140 Å². The zero-order valence-electron chi connectivity index (χ0n) is 14.0. The zero-order valence-corrected chi connectivity index (χ0v) is 14.0. The Kier molecular flexibility index (Phi) is 4.11. The summed E-state index contributed by atoms with van der Waals surface area (Å²) in [5.41, 5.74) is 0.761. The summed E-state index contributed by atoms with van der Waals surface area (Å²) in [7, 11) is 1.62. The topological polar surface area (TPSA) is 78.0 Å². The van der Waals surface area contributed by atoms with Gasteiger partial charge in [-0.25, -0.2) is 4.98 Å². The van der Waals surface area contributed by atoms with Gasteiger partial charge in [0.25, 0.3) is 5.91 Å². The number of aliphatic hydroxyl groups is 1. The number of imidazole rings is 1. The van der Waals surface area contributed by atoms with E-state index in [0.717, 1.165) is 16.3 Å². The molecular weight excluding hydrogens is 302 g/mol. The predicted molar refractivity (Wildman–Crippen MR) is 93.8 cm³/mol. The molecule has 3 aromatic rings. The molecule has 0 radical (unpaired) electrons. The molecule has 24 heavy (non-hydrogen) atoms. The second kappa shape index (κ2) is 6.09. The molecule has 0 saturated carbocycles. The van der Waals surface area contributed by atoms with Gasteiger partial charge in [0.15, 0.2) is 0 Å². The Morgan fingerprint density at radius 3 is 2.71 bits per heavy atom. The van der Waals surface area contributed by atoms with Crippen molar-refractivity contribution in [1.29, 1.82) is 0 Å². The van der Waals surface area contributed by atoms with Crippen molar-refractivity contribution in [2.24, 2.45) is 5.92 Å². The fourth-order valence-electron chi connectivity index (χ4n) is 3.10. The SMILES string of the molecule is CNC(=O)c1cccc2cc(C(O)(c3c[nH]cn3)C(C)C)ccc12. The van der Waals surface area contributed by atoms with Crippen molar-refractivity contribution in [2.75, 3.05) is 7.05 Å². The number of nitrogens with one attached hydrogen (secondary N) is 2. The Morgan fingerprint density at radius 2 is 2.08 bits per heavy atom. The summed E-state index contributed by atoms with van der Waals surface area (Å²) in [4.78, 5) is 19.2. The second-order valence-electron chi connectivity index (χ2n) is 6.20. The first-order valence-corrected chi connectivity index (χ1v) is 7.95. The summed E-state index contributed by atoms with van der Waals surface area (Å²) in [5.74, 6) is -0.194. The zero-order chi connectivity index (χ0) is 17.3. The van der Waals surface area contributed by atoms with Crippen molar-refractivity contribution in [3.63, 3.8) is 0 Å². The minimum atomic E-state index is -1.20. The summed E-state index contributed by atoms with van der Waals surface area (Å²) in [5, 5.41) is 15.8. The van der Waals surface area contributed by atoms with E-state index in [1.807, 2.05) is 44.2 Å². The Bertz CT molecular complexity index is 871. The average molecular weight is 323 g/mol. The highest BCUT2D eigenvalue weighted by Gasteiger charge is 2.37. The van der Waals surface area contributed by atoms with E-state index in [0.29, 0.717) is 11.3 Å². The lowest BCUT2D eigenvalue weighted by atomic mass is 9.80. The van der Waals surface area contributed by atoms with Crippen LogP contribution >= 0.6 is 0 Å². The van der Waals surface area contributed by atoms with E-state index in [-0.39, 0.29) is 11.8 Å². The second-order valence-corrected chi connectivity index (χ2v) is 6.20.